The molecule has 0 saturated carbocycles. The lowest BCUT2D eigenvalue weighted by atomic mass is 10.1. The Balaban J connectivity index is 1.96. The highest BCUT2D eigenvalue weighted by Gasteiger charge is 2.18. The van der Waals surface area contributed by atoms with Gasteiger partial charge in [0.25, 0.3) is 5.91 Å². The maximum Gasteiger partial charge on any atom is 0.260 e. The highest BCUT2D eigenvalue weighted by atomic mass is 16.5. The molecule has 160 valence electrons. The summed E-state index contributed by atoms with van der Waals surface area (Å²) < 4.78 is 15.9. The number of hydrogen-bond acceptors (Lipinski definition) is 6. The number of likely N-dealkylation sites (N-methyl/N-ethyl adjacent to an activating group) is 1. The van der Waals surface area contributed by atoms with Gasteiger partial charge in [0.15, 0.2) is 23.9 Å². The lowest BCUT2D eigenvalue weighted by Crippen LogP contribution is -2.40. The summed E-state index contributed by atoms with van der Waals surface area (Å²) in [6, 6.07) is 11.7. The number of benzene rings is 2. The molecule has 2 rings (SSSR count). The molecule has 0 aliphatic rings. The zero-order chi connectivity index (χ0) is 22.1. The van der Waals surface area contributed by atoms with E-state index < -0.39 is 0 Å². The molecule has 30 heavy (non-hydrogen) atoms. The van der Waals surface area contributed by atoms with E-state index in [-0.39, 0.29) is 30.7 Å². The van der Waals surface area contributed by atoms with Crippen LogP contribution in [-0.2, 0) is 9.59 Å². The molecule has 2 aromatic rings. The van der Waals surface area contributed by atoms with E-state index in [1.807, 2.05) is 0 Å². The number of amides is 2. The molecule has 0 spiro atoms. The molecule has 0 aliphatic heterocycles. The van der Waals surface area contributed by atoms with Crippen LogP contribution < -0.4 is 19.5 Å². The summed E-state index contributed by atoms with van der Waals surface area (Å²) >= 11 is 0. The van der Waals surface area contributed by atoms with Crippen LogP contribution in [0.5, 0.6) is 17.2 Å². The smallest absolute Gasteiger partial charge is 0.260 e. The highest BCUT2D eigenvalue weighted by Crippen LogP contribution is 2.28. The summed E-state index contributed by atoms with van der Waals surface area (Å²) in [5, 5.41) is 2.74. The minimum atomic E-state index is -0.351. The van der Waals surface area contributed by atoms with E-state index in [0.29, 0.717) is 35.0 Å². The van der Waals surface area contributed by atoms with E-state index in [2.05, 4.69) is 5.32 Å². The van der Waals surface area contributed by atoms with Gasteiger partial charge in [0.05, 0.1) is 20.8 Å². The molecule has 0 fully saturated rings. The zero-order valence-corrected chi connectivity index (χ0v) is 17.6. The van der Waals surface area contributed by atoms with Crippen molar-refractivity contribution in [3.63, 3.8) is 0 Å². The molecule has 8 heteroatoms. The monoisotopic (exact) mass is 414 g/mol. The fourth-order valence-electron chi connectivity index (χ4n) is 2.69. The lowest BCUT2D eigenvalue weighted by Gasteiger charge is -2.21. The van der Waals surface area contributed by atoms with Gasteiger partial charge in [0.2, 0.25) is 5.91 Å². The van der Waals surface area contributed by atoms with Crippen LogP contribution in [0.3, 0.4) is 0 Å². The van der Waals surface area contributed by atoms with Crippen molar-refractivity contribution in [2.45, 2.75) is 13.8 Å². The van der Waals surface area contributed by atoms with Crippen molar-refractivity contribution in [1.29, 1.82) is 0 Å². The molecule has 1 N–H and O–H groups in total. The second kappa shape index (κ2) is 10.8. The maximum absolute atomic E-state index is 12.5. The van der Waals surface area contributed by atoms with Crippen molar-refractivity contribution in [2.24, 2.45) is 0 Å². The minimum absolute atomic E-state index is 0.102. The first-order chi connectivity index (χ1) is 14.4. The minimum Gasteiger partial charge on any atom is -0.497 e. The molecule has 0 unspecified atom stereocenters. The molecular weight excluding hydrogens is 388 g/mol. The van der Waals surface area contributed by atoms with Crippen molar-refractivity contribution < 1.29 is 28.6 Å². The van der Waals surface area contributed by atoms with Gasteiger partial charge in [-0.3, -0.25) is 14.4 Å². The van der Waals surface area contributed by atoms with Gasteiger partial charge in [0, 0.05) is 23.9 Å². The molecule has 0 heterocycles. The summed E-state index contributed by atoms with van der Waals surface area (Å²) in [6.07, 6.45) is 0. The Hall–Kier alpha value is -3.55. The van der Waals surface area contributed by atoms with Crippen LogP contribution in [0.25, 0.3) is 0 Å². The maximum atomic E-state index is 12.5. The van der Waals surface area contributed by atoms with Crippen LogP contribution >= 0.6 is 0 Å². The van der Waals surface area contributed by atoms with Gasteiger partial charge < -0.3 is 24.4 Å². The molecule has 0 atom stereocenters. The average molecular weight is 414 g/mol. The third-order valence-electron chi connectivity index (χ3n) is 4.34. The molecule has 0 saturated heterocycles. The van der Waals surface area contributed by atoms with Crippen LogP contribution in [0.1, 0.15) is 24.2 Å². The van der Waals surface area contributed by atoms with Crippen LogP contribution in [-0.4, -0.2) is 56.4 Å². The predicted molar refractivity (Wildman–Crippen MR) is 112 cm³/mol. The number of methoxy groups -OCH3 is 2. The summed E-state index contributed by atoms with van der Waals surface area (Å²) in [5.74, 6) is 0.532. The topological polar surface area (TPSA) is 94.2 Å². The molecule has 0 bridgehead atoms. The molecule has 8 nitrogen and oxygen atoms in total. The second-order valence-corrected chi connectivity index (χ2v) is 6.40. The van der Waals surface area contributed by atoms with Crippen molar-refractivity contribution in [2.75, 3.05) is 39.2 Å². The first-order valence-electron chi connectivity index (χ1n) is 9.41. The van der Waals surface area contributed by atoms with Crippen LogP contribution in [0.15, 0.2) is 42.5 Å². The fourth-order valence-corrected chi connectivity index (χ4v) is 2.69. The normalized spacial score (nSPS) is 10.1. The standard InChI is InChI=1S/C22H26N2O6/c1-5-24(13-21(26)23-17-7-6-8-18(12-17)28-3)22(27)14-30-19-10-9-16(15(2)25)11-20(19)29-4/h6-12H,5,13-14H2,1-4H3,(H,23,26). The van der Waals surface area contributed by atoms with E-state index in [1.165, 1.54) is 18.9 Å². The number of ketones is 1. The number of carbonyl (C=O) groups excluding carboxylic acids is 3. The molecule has 0 aromatic heterocycles. The van der Waals surface area contributed by atoms with Gasteiger partial charge >= 0.3 is 0 Å². The fraction of sp³-hybridized carbons (Fsp3) is 0.318. The number of hydrogen-bond donors (Lipinski definition) is 1. The number of nitrogens with one attached hydrogen (secondary N) is 1. The number of rotatable bonds is 10. The Bertz CT molecular complexity index is 912. The Kier molecular flexibility index (Phi) is 8.22. The Morgan fingerprint density at radius 3 is 2.40 bits per heavy atom. The molecular formula is C22H26N2O6. The summed E-state index contributed by atoms with van der Waals surface area (Å²) in [7, 11) is 3.00. The average Bonchev–Trinajstić information content (AvgIpc) is 2.75. The van der Waals surface area contributed by atoms with E-state index >= 15 is 0 Å². The second-order valence-electron chi connectivity index (χ2n) is 6.40. The van der Waals surface area contributed by atoms with Crippen molar-refractivity contribution in [1.82, 2.24) is 4.90 Å². The van der Waals surface area contributed by atoms with E-state index in [4.69, 9.17) is 14.2 Å². The zero-order valence-electron chi connectivity index (χ0n) is 17.6. The Labute approximate surface area is 175 Å². The Morgan fingerprint density at radius 1 is 1.00 bits per heavy atom. The van der Waals surface area contributed by atoms with Gasteiger partial charge in [-0.05, 0) is 44.2 Å². The number of ether oxygens (including phenoxy) is 3. The van der Waals surface area contributed by atoms with E-state index in [1.54, 1.807) is 56.5 Å². The number of Topliss-reactive ketones (excluding diaryl/α,β-unsaturated/α-hetero) is 1. The molecule has 0 aliphatic carbocycles. The predicted octanol–water partition coefficient (Wildman–Crippen LogP) is 2.77. The highest BCUT2D eigenvalue weighted by molar-refractivity contribution is 5.95. The summed E-state index contributed by atoms with van der Waals surface area (Å²) in [6.45, 7) is 3.19. The van der Waals surface area contributed by atoms with Gasteiger partial charge in [-0.2, -0.15) is 0 Å². The van der Waals surface area contributed by atoms with Crippen molar-refractivity contribution in [3.05, 3.63) is 48.0 Å². The van der Waals surface area contributed by atoms with Gasteiger partial charge in [0.1, 0.15) is 5.75 Å². The lowest BCUT2D eigenvalue weighted by molar-refractivity contribution is -0.136. The summed E-state index contributed by atoms with van der Waals surface area (Å²) in [5.41, 5.74) is 1.06. The first-order valence-corrected chi connectivity index (χ1v) is 9.41. The third kappa shape index (κ3) is 6.23. The number of nitrogens with zero attached hydrogens (tertiary/aromatic N) is 1. The SMILES string of the molecule is CCN(CC(=O)Nc1cccc(OC)c1)C(=O)COc1ccc(C(C)=O)cc1OC. The number of anilines is 1. The molecule has 2 aromatic carbocycles. The Morgan fingerprint density at radius 2 is 1.77 bits per heavy atom. The quantitative estimate of drug-likeness (QED) is 0.601. The van der Waals surface area contributed by atoms with E-state index in [0.717, 1.165) is 0 Å². The first kappa shape index (κ1) is 22.7. The van der Waals surface area contributed by atoms with Gasteiger partial charge in [-0.1, -0.05) is 6.07 Å². The summed E-state index contributed by atoms with van der Waals surface area (Å²) in [4.78, 5) is 37.7. The van der Waals surface area contributed by atoms with Crippen LogP contribution in [0.2, 0.25) is 0 Å². The number of carbonyl (C=O) groups is 3. The third-order valence-corrected chi connectivity index (χ3v) is 4.34. The largest absolute Gasteiger partial charge is 0.497 e. The van der Waals surface area contributed by atoms with Crippen LogP contribution in [0.4, 0.5) is 5.69 Å². The molecule has 0 radical (unpaired) electrons. The molecule has 2 amide bonds. The van der Waals surface area contributed by atoms with E-state index in [9.17, 15) is 14.4 Å². The van der Waals surface area contributed by atoms with Crippen LogP contribution in [0, 0.1) is 0 Å². The van der Waals surface area contributed by atoms with Gasteiger partial charge in [-0.25, -0.2) is 0 Å². The van der Waals surface area contributed by atoms with Crippen molar-refractivity contribution >= 4 is 23.3 Å². The van der Waals surface area contributed by atoms with Gasteiger partial charge in [-0.15, -0.1) is 0 Å². The van der Waals surface area contributed by atoms with Crippen molar-refractivity contribution in [3.8, 4) is 17.2 Å².